The van der Waals surface area contributed by atoms with Crippen LogP contribution in [0.2, 0.25) is 16.6 Å². The molecule has 1 aromatic heterocycles. The Labute approximate surface area is 349 Å². The van der Waals surface area contributed by atoms with E-state index in [2.05, 4.69) is 62.9 Å². The van der Waals surface area contributed by atoms with Crippen LogP contribution in [0.15, 0.2) is 24.3 Å². The van der Waals surface area contributed by atoms with Crippen molar-refractivity contribution in [3.8, 4) is 40.1 Å². The standard InChI is InChI=1S/C47H55F6N3O3Si/c1-25(2)60(26(3)4,27(5)6)16-13-34-36(49)12-11-30-20-33(59-45(52)53)21-35(37(30)34)38-40(50)43-39(44(57-7)41(38)51)42(31-18-28-9-10-29(17-28)19-31)54-46(55-43)58-24-47-14-8-15-56(47)23-32(48)22-47/h11-12,20-21,25-29,31-32,45H,8-10,14-15,17-19,22-24H2,1-7H3/t28?,29?,31?,32-,47+/m1/s1. The molecule has 2 aliphatic carbocycles. The third-order valence-electron chi connectivity index (χ3n) is 14.5. The van der Waals surface area contributed by atoms with Gasteiger partial charge in [0.05, 0.1) is 34.9 Å². The van der Waals surface area contributed by atoms with Crippen molar-refractivity contribution in [1.82, 2.24) is 14.9 Å². The summed E-state index contributed by atoms with van der Waals surface area (Å²) in [5.74, 6) is 0.216. The van der Waals surface area contributed by atoms with Crippen LogP contribution in [-0.4, -0.2) is 68.1 Å². The summed E-state index contributed by atoms with van der Waals surface area (Å²) < 4.78 is 111. The van der Waals surface area contributed by atoms with Crippen LogP contribution < -0.4 is 14.2 Å². The number of hydrogen-bond donors (Lipinski definition) is 0. The number of ether oxygens (including phenoxy) is 3. The molecule has 0 amide bonds. The molecule has 2 saturated carbocycles. The van der Waals surface area contributed by atoms with Gasteiger partial charge in [-0.3, -0.25) is 4.90 Å². The Bertz CT molecular complexity index is 2330. The monoisotopic (exact) mass is 851 g/mol. The fraction of sp³-hybridized carbons (Fsp3) is 0.574. The lowest BCUT2D eigenvalue weighted by Gasteiger charge is -2.38. The van der Waals surface area contributed by atoms with Gasteiger partial charge in [0.15, 0.2) is 17.4 Å². The number of hydrogen-bond acceptors (Lipinski definition) is 6. The molecule has 13 heteroatoms. The van der Waals surface area contributed by atoms with Gasteiger partial charge in [0, 0.05) is 29.8 Å². The minimum Gasteiger partial charge on any atom is -0.493 e. The summed E-state index contributed by atoms with van der Waals surface area (Å²) in [4.78, 5) is 11.6. The Morgan fingerprint density at radius 1 is 0.917 bits per heavy atom. The molecule has 0 spiro atoms. The van der Waals surface area contributed by atoms with Crippen molar-refractivity contribution >= 4 is 29.7 Å². The van der Waals surface area contributed by atoms with Crippen LogP contribution >= 0.6 is 0 Å². The van der Waals surface area contributed by atoms with E-state index in [9.17, 15) is 13.2 Å². The van der Waals surface area contributed by atoms with E-state index >= 15 is 13.2 Å². The second-order valence-electron chi connectivity index (χ2n) is 18.7. The summed E-state index contributed by atoms with van der Waals surface area (Å²) in [5, 5.41) is 0.308. The van der Waals surface area contributed by atoms with Crippen LogP contribution in [-0.2, 0) is 0 Å². The number of alkyl halides is 3. The number of rotatable bonds is 11. The van der Waals surface area contributed by atoms with Crippen molar-refractivity contribution in [3.05, 3.63) is 53.0 Å². The van der Waals surface area contributed by atoms with E-state index < -0.39 is 49.4 Å². The van der Waals surface area contributed by atoms with Gasteiger partial charge in [0.25, 0.3) is 0 Å². The van der Waals surface area contributed by atoms with Gasteiger partial charge in [0.1, 0.15) is 37.9 Å². The van der Waals surface area contributed by atoms with Gasteiger partial charge in [0.2, 0.25) is 0 Å². The molecule has 4 aliphatic rings. The summed E-state index contributed by atoms with van der Waals surface area (Å²) in [6, 6.07) is 4.82. The minimum absolute atomic E-state index is 0.0412. The van der Waals surface area contributed by atoms with Crippen LogP contribution in [0.1, 0.15) is 110 Å². The third-order valence-corrected chi connectivity index (χ3v) is 20.8. The Hall–Kier alpha value is -4.02. The molecule has 4 aromatic rings. The van der Waals surface area contributed by atoms with Gasteiger partial charge >= 0.3 is 12.6 Å². The molecular formula is C47H55F6N3O3Si. The maximum Gasteiger partial charge on any atom is 0.387 e. The van der Waals surface area contributed by atoms with E-state index in [4.69, 9.17) is 19.2 Å². The number of halogens is 6. The first-order valence-electron chi connectivity index (χ1n) is 21.6. The predicted octanol–water partition coefficient (Wildman–Crippen LogP) is 12.3. The lowest BCUT2D eigenvalue weighted by atomic mass is 9.78. The highest BCUT2D eigenvalue weighted by Crippen LogP contribution is 2.52. The van der Waals surface area contributed by atoms with Gasteiger partial charge in [-0.05, 0) is 90.7 Å². The molecule has 6 nitrogen and oxygen atoms in total. The number of nitrogens with zero attached hydrogens (tertiary/aromatic N) is 3. The van der Waals surface area contributed by atoms with Crippen LogP contribution in [0.25, 0.3) is 32.8 Å². The fourth-order valence-electron chi connectivity index (χ4n) is 12.0. The van der Waals surface area contributed by atoms with E-state index in [1.165, 1.54) is 25.3 Å². The maximum atomic E-state index is 17.9. The third kappa shape index (κ3) is 7.31. The molecule has 2 unspecified atom stereocenters. The number of benzene rings is 3. The predicted molar refractivity (Wildman–Crippen MR) is 225 cm³/mol. The van der Waals surface area contributed by atoms with Crippen molar-refractivity contribution in [2.75, 3.05) is 26.8 Å². The zero-order chi connectivity index (χ0) is 42.8. The molecule has 322 valence electrons. The van der Waals surface area contributed by atoms with Crippen LogP contribution in [0.5, 0.6) is 17.5 Å². The highest BCUT2D eigenvalue weighted by molar-refractivity contribution is 6.90. The van der Waals surface area contributed by atoms with Gasteiger partial charge in [-0.1, -0.05) is 66.4 Å². The summed E-state index contributed by atoms with van der Waals surface area (Å²) in [6.45, 7) is 10.6. The average molecular weight is 852 g/mol. The molecule has 0 N–H and O–H groups in total. The first-order valence-corrected chi connectivity index (χ1v) is 23.8. The molecule has 4 fully saturated rings. The number of fused-ring (bicyclic) bond motifs is 5. The maximum absolute atomic E-state index is 17.9. The van der Waals surface area contributed by atoms with Crippen molar-refractivity contribution in [2.45, 2.75) is 134 Å². The Kier molecular flexibility index (Phi) is 11.6. The van der Waals surface area contributed by atoms with Crippen LogP contribution in [0.3, 0.4) is 0 Å². The van der Waals surface area contributed by atoms with Gasteiger partial charge in [-0.2, -0.15) is 18.7 Å². The zero-order valence-electron chi connectivity index (χ0n) is 35.5. The largest absolute Gasteiger partial charge is 0.493 e. The van der Waals surface area contributed by atoms with Gasteiger partial charge in [-0.15, -0.1) is 5.54 Å². The molecule has 3 heterocycles. The SMILES string of the molecule is COc1c(F)c(-c2cc(OC(F)F)cc3ccc(F)c(C#C[Si](C(C)C)(C(C)C)C(C)C)c23)c(F)c2nc(OC[C@@]34CCCN3C[C@H](F)C4)nc(C3CC4CCC(C4)C3)c12. The number of aromatic nitrogens is 2. The second-order valence-corrected chi connectivity index (χ2v) is 24.3. The Morgan fingerprint density at radius 2 is 1.62 bits per heavy atom. The molecule has 2 saturated heterocycles. The molecule has 8 rings (SSSR count). The topological polar surface area (TPSA) is 56.7 Å². The Morgan fingerprint density at radius 3 is 2.27 bits per heavy atom. The molecule has 2 bridgehead atoms. The van der Waals surface area contributed by atoms with E-state index in [-0.39, 0.29) is 79.5 Å². The van der Waals surface area contributed by atoms with Crippen molar-refractivity contribution in [3.63, 3.8) is 0 Å². The molecule has 3 aromatic carbocycles. The van der Waals surface area contributed by atoms with Crippen molar-refractivity contribution in [1.29, 1.82) is 0 Å². The summed E-state index contributed by atoms with van der Waals surface area (Å²) in [6.07, 6.45) is 5.71. The van der Waals surface area contributed by atoms with Gasteiger partial charge in [-0.25, -0.2) is 17.6 Å². The zero-order valence-corrected chi connectivity index (χ0v) is 36.5. The van der Waals surface area contributed by atoms with E-state index in [1.807, 2.05) is 0 Å². The van der Waals surface area contributed by atoms with Crippen LogP contribution in [0.4, 0.5) is 26.3 Å². The highest BCUT2D eigenvalue weighted by atomic mass is 28.3. The quantitative estimate of drug-likeness (QED) is 0.0851. The summed E-state index contributed by atoms with van der Waals surface area (Å²) in [7, 11) is -1.19. The average Bonchev–Trinajstić information content (AvgIpc) is 3.84. The normalized spacial score (nSPS) is 24.3. The summed E-state index contributed by atoms with van der Waals surface area (Å²) >= 11 is 0. The minimum atomic E-state index is -3.26. The Balaban J connectivity index is 1.39. The lowest BCUT2D eigenvalue weighted by molar-refractivity contribution is -0.0497. The first kappa shape index (κ1) is 42.7. The lowest BCUT2D eigenvalue weighted by Crippen LogP contribution is -2.43. The van der Waals surface area contributed by atoms with E-state index in [1.54, 1.807) is 0 Å². The highest BCUT2D eigenvalue weighted by Gasteiger charge is 2.50. The molecule has 2 aliphatic heterocycles. The van der Waals surface area contributed by atoms with Gasteiger partial charge < -0.3 is 14.2 Å². The molecule has 0 radical (unpaired) electrons. The van der Waals surface area contributed by atoms with Crippen LogP contribution in [0, 0.1) is 40.8 Å². The summed E-state index contributed by atoms with van der Waals surface area (Å²) in [5.41, 5.74) is 2.71. The first-order chi connectivity index (χ1) is 28.6. The fourth-order valence-corrected chi connectivity index (χ4v) is 17.2. The van der Waals surface area contributed by atoms with E-state index in [0.29, 0.717) is 30.5 Å². The second kappa shape index (κ2) is 16.4. The van der Waals surface area contributed by atoms with E-state index in [0.717, 1.165) is 57.6 Å². The molecule has 60 heavy (non-hydrogen) atoms. The smallest absolute Gasteiger partial charge is 0.387 e. The molecule has 4 atom stereocenters. The number of methoxy groups -OCH3 is 1. The van der Waals surface area contributed by atoms with Crippen molar-refractivity contribution in [2.24, 2.45) is 11.8 Å². The molecular weight excluding hydrogens is 797 g/mol. The van der Waals surface area contributed by atoms with Crippen molar-refractivity contribution < 1.29 is 40.6 Å².